The molecule has 88 valence electrons. The van der Waals surface area contributed by atoms with Gasteiger partial charge in [-0.2, -0.15) is 0 Å². The molecular weight excluding hydrogens is 286 g/mol. The predicted molar refractivity (Wildman–Crippen MR) is 79.6 cm³/mol. The maximum Gasteiger partial charge on any atom is 0.0739 e. The molecule has 3 aromatic rings. The van der Waals surface area contributed by atoms with E-state index < -0.39 is 0 Å². The Hall–Kier alpha value is -1.67. The molecular formula is C16H12BrN. The Kier molecular flexibility index (Phi) is 2.88. The minimum atomic E-state index is 1.02. The zero-order chi connectivity index (χ0) is 12.5. The van der Waals surface area contributed by atoms with Crippen LogP contribution >= 0.6 is 15.9 Å². The average Bonchev–Trinajstić information content (AvgIpc) is 2.39. The summed E-state index contributed by atoms with van der Waals surface area (Å²) >= 11 is 3.52. The minimum Gasteiger partial charge on any atom is -0.248 e. The van der Waals surface area contributed by atoms with Crippen molar-refractivity contribution in [1.82, 2.24) is 4.98 Å². The van der Waals surface area contributed by atoms with E-state index in [1.165, 1.54) is 10.9 Å². The molecule has 1 aromatic heterocycles. The first kappa shape index (κ1) is 11.4. The van der Waals surface area contributed by atoms with E-state index in [0.717, 1.165) is 21.2 Å². The fraction of sp³-hybridized carbons (Fsp3) is 0.0625. The van der Waals surface area contributed by atoms with Crippen molar-refractivity contribution in [3.05, 3.63) is 64.6 Å². The Balaban J connectivity index is 2.23. The summed E-state index contributed by atoms with van der Waals surface area (Å²) in [6.07, 6.45) is 0. The smallest absolute Gasteiger partial charge is 0.0739 e. The van der Waals surface area contributed by atoms with Crippen LogP contribution in [0.15, 0.2) is 59.1 Å². The van der Waals surface area contributed by atoms with Crippen molar-refractivity contribution in [2.45, 2.75) is 6.92 Å². The molecule has 0 aliphatic heterocycles. The van der Waals surface area contributed by atoms with Crippen LogP contribution in [0.1, 0.15) is 5.56 Å². The lowest BCUT2D eigenvalue weighted by atomic mass is 10.1. The summed E-state index contributed by atoms with van der Waals surface area (Å²) in [5.41, 5.74) is 4.44. The van der Waals surface area contributed by atoms with E-state index in [-0.39, 0.29) is 0 Å². The van der Waals surface area contributed by atoms with E-state index in [2.05, 4.69) is 59.3 Å². The van der Waals surface area contributed by atoms with Crippen molar-refractivity contribution in [3.63, 3.8) is 0 Å². The Labute approximate surface area is 115 Å². The van der Waals surface area contributed by atoms with Crippen LogP contribution in [-0.4, -0.2) is 4.98 Å². The number of fused-ring (bicyclic) bond motifs is 1. The first-order chi connectivity index (χ1) is 8.74. The number of benzene rings is 2. The summed E-state index contributed by atoms with van der Waals surface area (Å²) in [5.74, 6) is 0. The Bertz CT molecular complexity index is 705. The first-order valence-electron chi connectivity index (χ1n) is 5.86. The monoisotopic (exact) mass is 297 g/mol. The number of pyridine rings is 1. The first-order valence-corrected chi connectivity index (χ1v) is 6.66. The van der Waals surface area contributed by atoms with Gasteiger partial charge in [-0.15, -0.1) is 0 Å². The van der Waals surface area contributed by atoms with Gasteiger partial charge in [0, 0.05) is 15.4 Å². The van der Waals surface area contributed by atoms with Gasteiger partial charge in [-0.05, 0) is 30.7 Å². The van der Waals surface area contributed by atoms with Crippen molar-refractivity contribution < 1.29 is 0 Å². The summed E-state index contributed by atoms with van der Waals surface area (Å²) in [6, 6.07) is 18.7. The minimum absolute atomic E-state index is 1.02. The van der Waals surface area contributed by atoms with Crippen LogP contribution in [0.2, 0.25) is 0 Å². The van der Waals surface area contributed by atoms with Crippen LogP contribution in [0.4, 0.5) is 0 Å². The third-order valence-electron chi connectivity index (χ3n) is 3.02. The van der Waals surface area contributed by atoms with E-state index in [4.69, 9.17) is 4.98 Å². The molecule has 0 amide bonds. The number of halogens is 1. The van der Waals surface area contributed by atoms with E-state index in [1.807, 2.05) is 18.2 Å². The fourth-order valence-corrected chi connectivity index (χ4v) is 2.73. The van der Waals surface area contributed by atoms with Crippen LogP contribution in [0, 0.1) is 6.92 Å². The van der Waals surface area contributed by atoms with Crippen LogP contribution in [0.3, 0.4) is 0 Å². The van der Waals surface area contributed by atoms with Crippen molar-refractivity contribution in [3.8, 4) is 11.3 Å². The molecule has 0 fully saturated rings. The molecule has 0 N–H and O–H groups in total. The Morgan fingerprint density at radius 2 is 1.72 bits per heavy atom. The lowest BCUT2D eigenvalue weighted by Crippen LogP contribution is -1.88. The number of nitrogens with zero attached hydrogens (tertiary/aromatic N) is 1. The molecule has 0 unspecified atom stereocenters. The van der Waals surface area contributed by atoms with Crippen LogP contribution in [0.25, 0.3) is 22.2 Å². The highest BCUT2D eigenvalue weighted by Crippen LogP contribution is 2.25. The average molecular weight is 298 g/mol. The molecule has 3 rings (SSSR count). The van der Waals surface area contributed by atoms with Gasteiger partial charge in [-0.25, -0.2) is 4.98 Å². The molecule has 0 saturated carbocycles. The zero-order valence-electron chi connectivity index (χ0n) is 10.0. The third kappa shape index (κ3) is 2.04. The summed E-state index contributed by atoms with van der Waals surface area (Å²) in [6.45, 7) is 2.09. The van der Waals surface area contributed by atoms with Gasteiger partial charge in [-0.3, -0.25) is 0 Å². The molecule has 0 spiro atoms. The molecule has 0 bridgehead atoms. The molecule has 0 atom stereocenters. The lowest BCUT2D eigenvalue weighted by Gasteiger charge is -2.06. The van der Waals surface area contributed by atoms with Gasteiger partial charge in [-0.1, -0.05) is 52.3 Å². The molecule has 18 heavy (non-hydrogen) atoms. The van der Waals surface area contributed by atoms with Crippen LogP contribution in [0.5, 0.6) is 0 Å². The topological polar surface area (TPSA) is 12.9 Å². The highest BCUT2D eigenvalue weighted by atomic mass is 79.9. The number of hydrogen-bond donors (Lipinski definition) is 0. The highest BCUT2D eigenvalue weighted by Gasteiger charge is 2.04. The molecule has 0 radical (unpaired) electrons. The summed E-state index contributed by atoms with van der Waals surface area (Å²) in [4.78, 5) is 4.77. The fourth-order valence-electron chi connectivity index (χ4n) is 2.14. The predicted octanol–water partition coefficient (Wildman–Crippen LogP) is 4.97. The molecule has 2 aromatic carbocycles. The molecule has 0 aliphatic rings. The lowest BCUT2D eigenvalue weighted by molar-refractivity contribution is 1.35. The highest BCUT2D eigenvalue weighted by molar-refractivity contribution is 9.10. The Morgan fingerprint density at radius 1 is 0.944 bits per heavy atom. The second-order valence-corrected chi connectivity index (χ2v) is 5.27. The second kappa shape index (κ2) is 4.54. The van der Waals surface area contributed by atoms with Gasteiger partial charge in [0.15, 0.2) is 0 Å². The molecule has 1 nitrogen and oxygen atoms in total. The van der Waals surface area contributed by atoms with Gasteiger partial charge >= 0.3 is 0 Å². The Morgan fingerprint density at radius 3 is 2.50 bits per heavy atom. The number of aromatic nitrogens is 1. The largest absolute Gasteiger partial charge is 0.248 e. The summed E-state index contributed by atoms with van der Waals surface area (Å²) in [5, 5.41) is 1.17. The maximum atomic E-state index is 4.77. The van der Waals surface area contributed by atoms with Gasteiger partial charge in [0.25, 0.3) is 0 Å². The molecule has 0 aliphatic carbocycles. The van der Waals surface area contributed by atoms with Gasteiger partial charge in [0.2, 0.25) is 0 Å². The van der Waals surface area contributed by atoms with E-state index in [0.29, 0.717) is 0 Å². The SMILES string of the molecule is Cc1cc(Br)cc2ccc(-c3ccccc3)nc12. The second-order valence-electron chi connectivity index (χ2n) is 4.36. The van der Waals surface area contributed by atoms with Crippen molar-refractivity contribution in [1.29, 1.82) is 0 Å². The van der Waals surface area contributed by atoms with Gasteiger partial charge < -0.3 is 0 Å². The quantitative estimate of drug-likeness (QED) is 0.618. The summed E-state index contributed by atoms with van der Waals surface area (Å²) in [7, 11) is 0. The molecule has 0 saturated heterocycles. The van der Waals surface area contributed by atoms with Crippen molar-refractivity contribution in [2.24, 2.45) is 0 Å². The number of hydrogen-bond acceptors (Lipinski definition) is 1. The zero-order valence-corrected chi connectivity index (χ0v) is 11.6. The third-order valence-corrected chi connectivity index (χ3v) is 3.48. The van der Waals surface area contributed by atoms with Crippen molar-refractivity contribution >= 4 is 26.8 Å². The normalized spacial score (nSPS) is 10.8. The van der Waals surface area contributed by atoms with Gasteiger partial charge in [0.05, 0.1) is 11.2 Å². The van der Waals surface area contributed by atoms with E-state index >= 15 is 0 Å². The van der Waals surface area contributed by atoms with Gasteiger partial charge in [0.1, 0.15) is 0 Å². The van der Waals surface area contributed by atoms with E-state index in [9.17, 15) is 0 Å². The van der Waals surface area contributed by atoms with Crippen LogP contribution in [-0.2, 0) is 0 Å². The van der Waals surface area contributed by atoms with E-state index in [1.54, 1.807) is 0 Å². The summed E-state index contributed by atoms with van der Waals surface area (Å²) < 4.78 is 1.10. The number of aryl methyl sites for hydroxylation is 1. The molecule has 1 heterocycles. The maximum absolute atomic E-state index is 4.77. The molecule has 2 heteroatoms. The van der Waals surface area contributed by atoms with Crippen molar-refractivity contribution in [2.75, 3.05) is 0 Å². The van der Waals surface area contributed by atoms with Crippen LogP contribution < -0.4 is 0 Å². The standard InChI is InChI=1S/C16H12BrN/c1-11-9-14(17)10-13-7-8-15(18-16(11)13)12-5-3-2-4-6-12/h2-10H,1H3. The number of rotatable bonds is 1.